The second kappa shape index (κ2) is 8.79. The van der Waals surface area contributed by atoms with Gasteiger partial charge in [0.1, 0.15) is 0 Å². The van der Waals surface area contributed by atoms with E-state index < -0.39 is 5.92 Å². The zero-order chi connectivity index (χ0) is 22.9. The van der Waals surface area contributed by atoms with E-state index >= 15 is 0 Å². The highest BCUT2D eigenvalue weighted by molar-refractivity contribution is 7.14. The predicted molar refractivity (Wildman–Crippen MR) is 135 cm³/mol. The van der Waals surface area contributed by atoms with Crippen molar-refractivity contribution in [1.82, 2.24) is 4.98 Å². The van der Waals surface area contributed by atoms with Crippen molar-refractivity contribution in [1.29, 1.82) is 0 Å². The molecule has 166 valence electrons. The molecule has 0 aliphatic carbocycles. The third-order valence-electron chi connectivity index (χ3n) is 6.25. The van der Waals surface area contributed by atoms with Crippen molar-refractivity contribution < 1.29 is 9.59 Å². The zero-order valence-corrected chi connectivity index (χ0v) is 19.5. The van der Waals surface area contributed by atoms with Gasteiger partial charge in [-0.05, 0) is 41.3 Å². The molecule has 2 amide bonds. The number of aromatic nitrogens is 1. The summed E-state index contributed by atoms with van der Waals surface area (Å²) < 4.78 is 0. The largest absolute Gasteiger partial charge is 0.311 e. The van der Waals surface area contributed by atoms with Gasteiger partial charge in [0.05, 0.1) is 11.6 Å². The maximum atomic E-state index is 13.0. The Morgan fingerprint density at radius 3 is 2.76 bits per heavy atom. The minimum Gasteiger partial charge on any atom is -0.311 e. The Kier molecular flexibility index (Phi) is 5.68. The number of carbonyl (C=O) groups excluding carboxylic acids is 2. The Morgan fingerprint density at radius 1 is 1.12 bits per heavy atom. The molecule has 6 heteroatoms. The van der Waals surface area contributed by atoms with Crippen LogP contribution in [0.1, 0.15) is 24.5 Å². The molecule has 1 aliphatic heterocycles. The molecule has 2 heterocycles. The van der Waals surface area contributed by atoms with Crippen LogP contribution in [-0.2, 0) is 16.0 Å². The number of hydrogen-bond donors (Lipinski definition) is 1. The molecule has 5 rings (SSSR count). The topological polar surface area (TPSA) is 62.3 Å². The number of hydrogen-bond acceptors (Lipinski definition) is 4. The first-order valence-corrected chi connectivity index (χ1v) is 12.1. The van der Waals surface area contributed by atoms with E-state index in [0.717, 1.165) is 39.9 Å². The maximum absolute atomic E-state index is 13.0. The van der Waals surface area contributed by atoms with Crippen LogP contribution in [0.5, 0.6) is 0 Å². The fourth-order valence-electron chi connectivity index (χ4n) is 4.51. The number of fused-ring (bicyclic) bond motifs is 1. The molecule has 1 saturated heterocycles. The smallest absolute Gasteiger partial charge is 0.231 e. The van der Waals surface area contributed by atoms with Gasteiger partial charge < -0.3 is 10.2 Å². The van der Waals surface area contributed by atoms with Crippen LogP contribution in [0.25, 0.3) is 22.0 Å². The van der Waals surface area contributed by atoms with Crippen LogP contribution >= 0.6 is 11.3 Å². The second-order valence-electron chi connectivity index (χ2n) is 8.43. The summed E-state index contributed by atoms with van der Waals surface area (Å²) in [4.78, 5) is 32.2. The quantitative estimate of drug-likeness (QED) is 0.412. The lowest BCUT2D eigenvalue weighted by molar-refractivity contribution is -0.122. The fraction of sp³-hybridized carbons (Fsp3) is 0.222. The molecule has 5 nitrogen and oxygen atoms in total. The van der Waals surface area contributed by atoms with Crippen molar-refractivity contribution in [2.45, 2.75) is 26.7 Å². The van der Waals surface area contributed by atoms with E-state index in [1.54, 1.807) is 4.90 Å². The summed E-state index contributed by atoms with van der Waals surface area (Å²) in [6.07, 6.45) is 1.06. The van der Waals surface area contributed by atoms with Crippen molar-refractivity contribution in [3.8, 4) is 11.3 Å². The highest BCUT2D eigenvalue weighted by atomic mass is 32.1. The normalized spacial score (nSPS) is 15.9. The first kappa shape index (κ1) is 21.3. The van der Waals surface area contributed by atoms with Crippen molar-refractivity contribution in [3.05, 3.63) is 77.2 Å². The molecular weight excluding hydrogens is 430 g/mol. The summed E-state index contributed by atoms with van der Waals surface area (Å²) >= 11 is 1.40. The lowest BCUT2D eigenvalue weighted by Crippen LogP contribution is -2.29. The summed E-state index contributed by atoms with van der Waals surface area (Å²) in [6.45, 7) is 4.49. The zero-order valence-electron chi connectivity index (χ0n) is 18.7. The Bertz CT molecular complexity index is 1360. The number of carbonyl (C=O) groups is 2. The minimum atomic E-state index is -0.394. The van der Waals surface area contributed by atoms with Crippen molar-refractivity contribution >= 4 is 44.7 Å². The van der Waals surface area contributed by atoms with Gasteiger partial charge in [-0.25, -0.2) is 4.98 Å². The highest BCUT2D eigenvalue weighted by Gasteiger charge is 2.36. The summed E-state index contributed by atoms with van der Waals surface area (Å²) in [5, 5.41) is 7.78. The van der Waals surface area contributed by atoms with Gasteiger partial charge in [0.2, 0.25) is 11.8 Å². The van der Waals surface area contributed by atoms with E-state index in [0.29, 0.717) is 11.7 Å². The number of benzene rings is 3. The summed E-state index contributed by atoms with van der Waals surface area (Å²) in [6, 6.07) is 20.5. The third-order valence-corrected chi connectivity index (χ3v) is 7.01. The van der Waals surface area contributed by atoms with Gasteiger partial charge in [0.15, 0.2) is 5.13 Å². The van der Waals surface area contributed by atoms with Crippen LogP contribution in [0.2, 0.25) is 0 Å². The molecule has 1 aliphatic rings. The molecule has 0 spiro atoms. The third kappa shape index (κ3) is 4.14. The molecule has 3 aromatic carbocycles. The number of aryl methyl sites for hydroxylation is 2. The van der Waals surface area contributed by atoms with E-state index in [-0.39, 0.29) is 18.2 Å². The number of amides is 2. The van der Waals surface area contributed by atoms with Gasteiger partial charge in [-0.15, -0.1) is 11.3 Å². The SMILES string of the molecule is CCc1cccc(C)c1N1CC(C(=O)Nc2nc(-c3ccc4ccccc4c3)cs2)CC1=O. The molecule has 0 bridgehead atoms. The molecule has 1 aromatic heterocycles. The molecule has 4 aromatic rings. The van der Waals surface area contributed by atoms with Gasteiger partial charge in [0.25, 0.3) is 0 Å². The number of anilines is 2. The van der Waals surface area contributed by atoms with Crippen LogP contribution in [-0.4, -0.2) is 23.3 Å². The van der Waals surface area contributed by atoms with E-state index in [9.17, 15) is 9.59 Å². The Hall–Kier alpha value is -3.51. The van der Waals surface area contributed by atoms with Gasteiger partial charge in [-0.1, -0.05) is 61.5 Å². The van der Waals surface area contributed by atoms with Crippen LogP contribution in [0.4, 0.5) is 10.8 Å². The van der Waals surface area contributed by atoms with Crippen LogP contribution in [0.3, 0.4) is 0 Å². The van der Waals surface area contributed by atoms with Gasteiger partial charge in [-0.3, -0.25) is 9.59 Å². The summed E-state index contributed by atoms with van der Waals surface area (Å²) in [5.41, 5.74) is 4.98. The molecule has 1 atom stereocenters. The number of nitrogens with one attached hydrogen (secondary N) is 1. The van der Waals surface area contributed by atoms with E-state index in [1.807, 2.05) is 48.7 Å². The van der Waals surface area contributed by atoms with E-state index in [4.69, 9.17) is 0 Å². The van der Waals surface area contributed by atoms with E-state index in [1.165, 1.54) is 16.7 Å². The molecular formula is C27H25N3O2S. The Labute approximate surface area is 197 Å². The van der Waals surface area contributed by atoms with Crippen LogP contribution in [0, 0.1) is 12.8 Å². The lowest BCUT2D eigenvalue weighted by Gasteiger charge is -2.22. The lowest BCUT2D eigenvalue weighted by atomic mass is 10.0. The average Bonchev–Trinajstić information content (AvgIpc) is 3.45. The van der Waals surface area contributed by atoms with Gasteiger partial charge >= 0.3 is 0 Å². The molecule has 1 N–H and O–H groups in total. The Balaban J connectivity index is 1.31. The standard InChI is InChI=1S/C27H25N3O2S/c1-3-18-10-6-7-17(2)25(18)30-15-22(14-24(30)31)26(32)29-27-28-23(16-33-27)21-12-11-19-8-4-5-9-20(19)13-21/h4-13,16,22H,3,14-15H2,1-2H3,(H,28,29,32). The fourth-order valence-corrected chi connectivity index (χ4v) is 5.23. The number of nitrogens with zero attached hydrogens (tertiary/aromatic N) is 2. The van der Waals surface area contributed by atoms with E-state index in [2.05, 4.69) is 41.5 Å². The van der Waals surface area contributed by atoms with Gasteiger partial charge in [-0.2, -0.15) is 0 Å². The molecule has 1 fully saturated rings. The van der Waals surface area contributed by atoms with Gasteiger partial charge in [0, 0.05) is 29.6 Å². The first-order valence-electron chi connectivity index (χ1n) is 11.2. The molecule has 33 heavy (non-hydrogen) atoms. The van der Waals surface area contributed by atoms with Crippen molar-refractivity contribution in [2.24, 2.45) is 5.92 Å². The molecule has 1 unspecified atom stereocenters. The average molecular weight is 456 g/mol. The molecule has 0 saturated carbocycles. The predicted octanol–water partition coefficient (Wildman–Crippen LogP) is 5.83. The summed E-state index contributed by atoms with van der Waals surface area (Å²) in [5.74, 6) is -0.554. The number of thiazole rings is 1. The van der Waals surface area contributed by atoms with Crippen molar-refractivity contribution in [3.63, 3.8) is 0 Å². The van der Waals surface area contributed by atoms with Crippen molar-refractivity contribution in [2.75, 3.05) is 16.8 Å². The monoisotopic (exact) mass is 455 g/mol. The number of rotatable bonds is 5. The maximum Gasteiger partial charge on any atom is 0.231 e. The molecule has 0 radical (unpaired) electrons. The van der Waals surface area contributed by atoms with Crippen LogP contribution in [0.15, 0.2) is 66.0 Å². The Morgan fingerprint density at radius 2 is 1.94 bits per heavy atom. The minimum absolute atomic E-state index is 0.00450. The second-order valence-corrected chi connectivity index (χ2v) is 9.29. The highest BCUT2D eigenvalue weighted by Crippen LogP contribution is 2.33. The van der Waals surface area contributed by atoms with Crippen LogP contribution < -0.4 is 10.2 Å². The number of para-hydroxylation sites is 1. The first-order chi connectivity index (χ1) is 16.0. The summed E-state index contributed by atoms with van der Waals surface area (Å²) in [7, 11) is 0.